The van der Waals surface area contributed by atoms with E-state index >= 15 is 0 Å². The average Bonchev–Trinajstić information content (AvgIpc) is 2.85. The van der Waals surface area contributed by atoms with Gasteiger partial charge in [0.2, 0.25) is 23.6 Å². The Morgan fingerprint density at radius 1 is 0.842 bits per heavy atom. The molecule has 3 aliphatic heterocycles. The molecule has 3 unspecified atom stereocenters. The molecule has 5 atom stereocenters. The van der Waals surface area contributed by atoms with Gasteiger partial charge < -0.3 is 31.9 Å². The summed E-state index contributed by atoms with van der Waals surface area (Å²) in [6, 6.07) is 7.36. The molecule has 0 aromatic heterocycles. The van der Waals surface area contributed by atoms with Crippen molar-refractivity contribution < 1.29 is 19.2 Å². The molecule has 11 nitrogen and oxygen atoms in total. The minimum atomic E-state index is -0.526. The lowest BCUT2D eigenvalue weighted by atomic mass is 9.69. The van der Waals surface area contributed by atoms with Crippen LogP contribution in [0.2, 0.25) is 0 Å². The topological polar surface area (TPSA) is 144 Å². The highest BCUT2D eigenvalue weighted by Gasteiger charge is 2.54. The van der Waals surface area contributed by atoms with Gasteiger partial charge in [-0.15, -0.1) is 0 Å². The Morgan fingerprint density at radius 3 is 1.68 bits per heavy atom. The van der Waals surface area contributed by atoms with Crippen LogP contribution in [0.25, 0.3) is 0 Å². The molecule has 0 spiro atoms. The molecule has 3 fully saturated rings. The first-order valence-corrected chi connectivity index (χ1v) is 13.3. The number of carbonyl (C=O) groups is 4. The maximum atomic E-state index is 13.3. The molecule has 3 aliphatic rings. The smallest absolute Gasteiger partial charge is 0.224 e. The lowest BCUT2D eigenvalue weighted by molar-refractivity contribution is -0.132. The van der Waals surface area contributed by atoms with Crippen molar-refractivity contribution in [3.63, 3.8) is 0 Å². The molecular formula is C26H39N7O4S. The Kier molecular flexibility index (Phi) is 10.0. The van der Waals surface area contributed by atoms with Gasteiger partial charge in [-0.1, -0.05) is 12.1 Å². The fourth-order valence-corrected chi connectivity index (χ4v) is 5.83. The predicted octanol–water partition coefficient (Wildman–Crippen LogP) is 0.0139. The standard InChI is InChI=1S/C26H39N7O4S/c1-16(34)28-13-21-10-26(32-24(37)9-19-5-7-20(8-6-19)31-25(38)27-4)11-22(14-29-17(2)35)33(21)23(12-26)15-30-18(3)36/h5-8,21-23H,9-15H2,1-4H3,(H,28,34)(H,29,35)(H,30,36)(H,32,37)(H2,27,31,38)/t21-,22+,23?,26?. The average molecular weight is 546 g/mol. The molecule has 38 heavy (non-hydrogen) atoms. The quantitative estimate of drug-likeness (QED) is 0.226. The molecule has 2 bridgehead atoms. The van der Waals surface area contributed by atoms with E-state index in [0.29, 0.717) is 44.0 Å². The van der Waals surface area contributed by atoms with Crippen LogP contribution in [-0.4, -0.2) is 84.0 Å². The third kappa shape index (κ3) is 8.12. The second-order valence-electron chi connectivity index (χ2n) is 10.2. The van der Waals surface area contributed by atoms with Crippen LogP contribution in [0, 0.1) is 0 Å². The SMILES string of the molecule is CNC(=S)Nc1ccc(CC(=O)NC23CC(CNC(C)=O)N([C@H](CNC(C)=O)C2)[C@@H](CNC(C)=O)C3)cc1. The summed E-state index contributed by atoms with van der Waals surface area (Å²) < 4.78 is 0. The largest absolute Gasteiger partial charge is 0.366 e. The highest BCUT2D eigenvalue weighted by molar-refractivity contribution is 7.80. The second-order valence-corrected chi connectivity index (χ2v) is 10.6. The first-order valence-electron chi connectivity index (χ1n) is 12.9. The lowest BCUT2D eigenvalue weighted by Gasteiger charge is -2.60. The van der Waals surface area contributed by atoms with E-state index in [-0.39, 0.29) is 48.2 Å². The molecular weight excluding hydrogens is 506 g/mol. The van der Waals surface area contributed by atoms with Crippen molar-refractivity contribution in [3.8, 4) is 0 Å². The molecule has 12 heteroatoms. The van der Waals surface area contributed by atoms with Gasteiger partial charge in [-0.2, -0.15) is 0 Å². The van der Waals surface area contributed by atoms with Crippen molar-refractivity contribution in [1.29, 1.82) is 0 Å². The maximum absolute atomic E-state index is 13.3. The number of thiocarbonyl (C=S) groups is 1. The summed E-state index contributed by atoms with van der Waals surface area (Å²) in [5.41, 5.74) is 1.17. The van der Waals surface area contributed by atoms with Crippen molar-refractivity contribution in [2.24, 2.45) is 0 Å². The number of nitrogens with one attached hydrogen (secondary N) is 6. The summed E-state index contributed by atoms with van der Waals surface area (Å²) in [5.74, 6) is -0.482. The number of carbonyl (C=O) groups excluding carboxylic acids is 4. The number of benzene rings is 1. The number of piperidine rings is 3. The van der Waals surface area contributed by atoms with E-state index in [1.807, 2.05) is 24.3 Å². The zero-order chi connectivity index (χ0) is 27.9. The molecule has 0 radical (unpaired) electrons. The van der Waals surface area contributed by atoms with Gasteiger partial charge in [0.1, 0.15) is 0 Å². The molecule has 0 aliphatic carbocycles. The first kappa shape index (κ1) is 29.3. The minimum Gasteiger partial charge on any atom is -0.366 e. The Hall–Kier alpha value is -3.25. The Balaban J connectivity index is 1.79. The van der Waals surface area contributed by atoms with Gasteiger partial charge in [0.25, 0.3) is 0 Å². The Labute approximate surface area is 229 Å². The van der Waals surface area contributed by atoms with Gasteiger partial charge in [0.15, 0.2) is 5.11 Å². The first-order chi connectivity index (χ1) is 18.0. The number of hydrogen-bond acceptors (Lipinski definition) is 6. The summed E-state index contributed by atoms with van der Waals surface area (Å²) in [6.45, 7) is 5.69. The van der Waals surface area contributed by atoms with Crippen LogP contribution in [0.1, 0.15) is 45.6 Å². The van der Waals surface area contributed by atoms with Gasteiger partial charge in [0, 0.05) is 76.8 Å². The van der Waals surface area contributed by atoms with E-state index in [4.69, 9.17) is 12.2 Å². The van der Waals surface area contributed by atoms with Crippen molar-refractivity contribution in [2.75, 3.05) is 32.0 Å². The van der Waals surface area contributed by atoms with Crippen LogP contribution in [-0.2, 0) is 25.6 Å². The molecule has 4 amide bonds. The van der Waals surface area contributed by atoms with E-state index in [1.54, 1.807) is 7.05 Å². The number of anilines is 1. The summed E-state index contributed by atoms with van der Waals surface area (Å²) in [7, 11) is 1.74. The summed E-state index contributed by atoms with van der Waals surface area (Å²) in [4.78, 5) is 50.8. The lowest BCUT2D eigenvalue weighted by Crippen LogP contribution is -2.75. The van der Waals surface area contributed by atoms with Crippen molar-refractivity contribution in [2.45, 2.75) is 70.1 Å². The molecule has 6 N–H and O–H groups in total. The Morgan fingerprint density at radius 2 is 1.29 bits per heavy atom. The number of amides is 4. The van der Waals surface area contributed by atoms with Crippen molar-refractivity contribution in [1.82, 2.24) is 31.5 Å². The number of fused-ring (bicyclic) bond motifs is 3. The van der Waals surface area contributed by atoms with E-state index in [1.165, 1.54) is 20.8 Å². The van der Waals surface area contributed by atoms with Crippen LogP contribution >= 0.6 is 12.2 Å². The fourth-order valence-electron chi connectivity index (χ4n) is 5.71. The number of nitrogens with zero attached hydrogens (tertiary/aromatic N) is 1. The van der Waals surface area contributed by atoms with Gasteiger partial charge in [-0.3, -0.25) is 24.1 Å². The van der Waals surface area contributed by atoms with Crippen LogP contribution in [0.4, 0.5) is 5.69 Å². The monoisotopic (exact) mass is 545 g/mol. The van der Waals surface area contributed by atoms with E-state index in [2.05, 4.69) is 36.8 Å². The van der Waals surface area contributed by atoms with Gasteiger partial charge in [-0.05, 0) is 49.2 Å². The minimum absolute atomic E-state index is 0.0550. The number of rotatable bonds is 10. The summed E-state index contributed by atoms with van der Waals surface area (Å²) in [5, 5.41) is 18.5. The molecule has 1 aromatic rings. The van der Waals surface area contributed by atoms with Gasteiger partial charge in [-0.25, -0.2) is 0 Å². The number of hydrogen-bond donors (Lipinski definition) is 6. The molecule has 3 saturated heterocycles. The summed E-state index contributed by atoms with van der Waals surface area (Å²) in [6.07, 6.45) is 2.20. The third-order valence-electron chi connectivity index (χ3n) is 7.11. The van der Waals surface area contributed by atoms with Crippen LogP contribution in [0.15, 0.2) is 24.3 Å². The normalized spacial score (nSPS) is 25.6. The van der Waals surface area contributed by atoms with E-state index in [9.17, 15) is 19.2 Å². The van der Waals surface area contributed by atoms with Gasteiger partial charge >= 0.3 is 0 Å². The second kappa shape index (κ2) is 13.0. The van der Waals surface area contributed by atoms with Crippen molar-refractivity contribution in [3.05, 3.63) is 29.8 Å². The summed E-state index contributed by atoms with van der Waals surface area (Å²) >= 11 is 5.13. The third-order valence-corrected chi connectivity index (χ3v) is 7.42. The predicted molar refractivity (Wildman–Crippen MR) is 149 cm³/mol. The Bertz CT molecular complexity index is 979. The van der Waals surface area contributed by atoms with Gasteiger partial charge in [0.05, 0.1) is 6.42 Å². The van der Waals surface area contributed by atoms with Crippen molar-refractivity contribution >= 4 is 46.6 Å². The zero-order valence-corrected chi connectivity index (χ0v) is 23.3. The molecule has 1 aromatic carbocycles. The molecule has 0 saturated carbocycles. The molecule has 4 rings (SSSR count). The van der Waals surface area contributed by atoms with E-state index in [0.717, 1.165) is 11.3 Å². The maximum Gasteiger partial charge on any atom is 0.224 e. The molecule has 3 heterocycles. The highest BCUT2D eigenvalue weighted by atomic mass is 32.1. The highest BCUT2D eigenvalue weighted by Crippen LogP contribution is 2.43. The van der Waals surface area contributed by atoms with Crippen LogP contribution in [0.3, 0.4) is 0 Å². The fraction of sp³-hybridized carbons (Fsp3) is 0.577. The zero-order valence-electron chi connectivity index (χ0n) is 22.5. The van der Waals surface area contributed by atoms with E-state index < -0.39 is 5.54 Å². The molecule has 208 valence electrons. The van der Waals surface area contributed by atoms with Crippen LogP contribution < -0.4 is 31.9 Å². The van der Waals surface area contributed by atoms with Crippen LogP contribution in [0.5, 0.6) is 0 Å².